The van der Waals surface area contributed by atoms with Crippen molar-refractivity contribution in [3.8, 4) is 0 Å². The Bertz CT molecular complexity index is 416. The van der Waals surface area contributed by atoms with Crippen molar-refractivity contribution in [2.45, 2.75) is 70.5 Å². The molecule has 0 spiro atoms. The fraction of sp³-hybridized carbons (Fsp3) is 0.824. The first-order valence-corrected chi connectivity index (χ1v) is 8.85. The van der Waals surface area contributed by atoms with Crippen molar-refractivity contribution in [3.63, 3.8) is 0 Å². The molecule has 1 saturated carbocycles. The van der Waals surface area contributed by atoms with Gasteiger partial charge in [-0.05, 0) is 44.8 Å². The summed E-state index contributed by atoms with van der Waals surface area (Å²) in [5.41, 5.74) is 1.25. The molecule has 1 unspecified atom stereocenters. The number of nitrogens with zero attached hydrogens (tertiary/aromatic N) is 3. The molecule has 1 N–H and O–H groups in total. The largest absolute Gasteiger partial charge is 0.315 e. The van der Waals surface area contributed by atoms with Gasteiger partial charge in [-0.25, -0.2) is 0 Å². The van der Waals surface area contributed by atoms with Crippen LogP contribution in [0.1, 0.15) is 63.6 Å². The number of nitrogens with one attached hydrogen (secondary N) is 1. The molecule has 2 heterocycles. The molecule has 4 nitrogen and oxygen atoms in total. The maximum Gasteiger partial charge on any atom is 0.0765 e. The first-order valence-electron chi connectivity index (χ1n) is 8.85. The number of aromatic nitrogens is 2. The van der Waals surface area contributed by atoms with E-state index in [2.05, 4.69) is 34.1 Å². The topological polar surface area (TPSA) is 33.1 Å². The normalized spacial score (nSPS) is 24.0. The zero-order chi connectivity index (χ0) is 14.5. The Hall–Kier alpha value is -0.870. The van der Waals surface area contributed by atoms with Gasteiger partial charge in [0.15, 0.2) is 0 Å². The van der Waals surface area contributed by atoms with E-state index in [1.807, 2.05) is 0 Å². The Morgan fingerprint density at radius 2 is 2.14 bits per heavy atom. The van der Waals surface area contributed by atoms with Crippen molar-refractivity contribution in [1.82, 2.24) is 20.0 Å². The Morgan fingerprint density at radius 3 is 2.86 bits per heavy atom. The van der Waals surface area contributed by atoms with Crippen LogP contribution in [-0.2, 0) is 6.54 Å². The predicted octanol–water partition coefficient (Wildman–Crippen LogP) is 2.96. The van der Waals surface area contributed by atoms with Crippen LogP contribution in [0.2, 0.25) is 0 Å². The van der Waals surface area contributed by atoms with Gasteiger partial charge in [-0.2, -0.15) is 5.10 Å². The lowest BCUT2D eigenvalue weighted by Crippen LogP contribution is -2.37. The molecule has 4 heteroatoms. The molecule has 2 aliphatic rings. The minimum absolute atomic E-state index is 0.653. The summed E-state index contributed by atoms with van der Waals surface area (Å²) in [6.45, 7) is 6.78. The SMILES string of the molecule is CCCN(Cc1ccn(C2CCCCC2)n1)C1CCNC1. The van der Waals surface area contributed by atoms with Crippen molar-refractivity contribution in [2.75, 3.05) is 19.6 Å². The van der Waals surface area contributed by atoms with E-state index in [0.717, 1.165) is 13.1 Å². The second-order valence-electron chi connectivity index (χ2n) is 6.70. The van der Waals surface area contributed by atoms with E-state index in [1.54, 1.807) is 0 Å². The van der Waals surface area contributed by atoms with Crippen molar-refractivity contribution in [2.24, 2.45) is 0 Å². The standard InChI is InChI=1S/C17H30N4/c1-2-11-20(17-8-10-18-13-17)14-15-9-12-21(19-15)16-6-4-3-5-7-16/h9,12,16-18H,2-8,10-11,13-14H2,1H3. The molecular weight excluding hydrogens is 260 g/mol. The van der Waals surface area contributed by atoms with E-state index in [0.29, 0.717) is 12.1 Å². The summed E-state index contributed by atoms with van der Waals surface area (Å²) < 4.78 is 2.24. The van der Waals surface area contributed by atoms with Gasteiger partial charge >= 0.3 is 0 Å². The lowest BCUT2D eigenvalue weighted by Gasteiger charge is -2.27. The van der Waals surface area contributed by atoms with Crippen molar-refractivity contribution >= 4 is 0 Å². The molecule has 0 aromatic carbocycles. The number of hydrogen-bond acceptors (Lipinski definition) is 3. The quantitative estimate of drug-likeness (QED) is 0.874. The van der Waals surface area contributed by atoms with Crippen LogP contribution >= 0.6 is 0 Å². The lowest BCUT2D eigenvalue weighted by atomic mass is 9.96. The molecule has 1 atom stereocenters. The van der Waals surface area contributed by atoms with Gasteiger partial charge in [-0.15, -0.1) is 0 Å². The molecule has 2 fully saturated rings. The van der Waals surface area contributed by atoms with E-state index in [-0.39, 0.29) is 0 Å². The molecular formula is C17H30N4. The maximum absolute atomic E-state index is 4.88. The van der Waals surface area contributed by atoms with Gasteiger partial charge in [0.25, 0.3) is 0 Å². The van der Waals surface area contributed by atoms with Gasteiger partial charge in [0.2, 0.25) is 0 Å². The van der Waals surface area contributed by atoms with Crippen LogP contribution in [0.4, 0.5) is 0 Å². The van der Waals surface area contributed by atoms with E-state index < -0.39 is 0 Å². The highest BCUT2D eigenvalue weighted by atomic mass is 15.3. The molecule has 21 heavy (non-hydrogen) atoms. The third-order valence-electron chi connectivity index (χ3n) is 5.04. The van der Waals surface area contributed by atoms with Crippen LogP contribution in [0.5, 0.6) is 0 Å². The summed E-state index contributed by atoms with van der Waals surface area (Å²) in [6, 6.07) is 3.59. The molecule has 1 aliphatic carbocycles. The smallest absolute Gasteiger partial charge is 0.0765 e. The molecule has 0 radical (unpaired) electrons. The van der Waals surface area contributed by atoms with Gasteiger partial charge in [0, 0.05) is 25.3 Å². The fourth-order valence-electron chi connectivity index (χ4n) is 3.85. The highest BCUT2D eigenvalue weighted by Crippen LogP contribution is 2.27. The third-order valence-corrected chi connectivity index (χ3v) is 5.04. The minimum Gasteiger partial charge on any atom is -0.315 e. The summed E-state index contributed by atoms with van der Waals surface area (Å²) in [6.07, 6.45) is 11.5. The summed E-state index contributed by atoms with van der Waals surface area (Å²) in [7, 11) is 0. The second-order valence-corrected chi connectivity index (χ2v) is 6.70. The van der Waals surface area contributed by atoms with Crippen LogP contribution in [0.25, 0.3) is 0 Å². The van der Waals surface area contributed by atoms with Gasteiger partial charge in [0.1, 0.15) is 0 Å². The van der Waals surface area contributed by atoms with E-state index in [1.165, 1.54) is 63.7 Å². The molecule has 1 saturated heterocycles. The molecule has 118 valence electrons. The van der Waals surface area contributed by atoms with Gasteiger partial charge in [-0.1, -0.05) is 26.2 Å². The maximum atomic E-state index is 4.88. The van der Waals surface area contributed by atoms with Crippen molar-refractivity contribution < 1.29 is 0 Å². The Kier molecular flexibility index (Phi) is 5.31. The Balaban J connectivity index is 1.61. The molecule has 1 aliphatic heterocycles. The Labute approximate surface area is 128 Å². The predicted molar refractivity (Wildman–Crippen MR) is 86.3 cm³/mol. The van der Waals surface area contributed by atoms with E-state index in [9.17, 15) is 0 Å². The zero-order valence-corrected chi connectivity index (χ0v) is 13.4. The van der Waals surface area contributed by atoms with Gasteiger partial charge in [0.05, 0.1) is 11.7 Å². The van der Waals surface area contributed by atoms with Crippen LogP contribution in [0.15, 0.2) is 12.3 Å². The first-order chi connectivity index (χ1) is 10.4. The highest BCUT2D eigenvalue weighted by Gasteiger charge is 2.23. The molecule has 1 aromatic rings. The van der Waals surface area contributed by atoms with Gasteiger partial charge < -0.3 is 5.32 Å². The van der Waals surface area contributed by atoms with Crippen LogP contribution in [0, 0.1) is 0 Å². The van der Waals surface area contributed by atoms with E-state index in [4.69, 9.17) is 5.10 Å². The van der Waals surface area contributed by atoms with Crippen LogP contribution < -0.4 is 5.32 Å². The minimum atomic E-state index is 0.653. The van der Waals surface area contributed by atoms with Crippen molar-refractivity contribution in [1.29, 1.82) is 0 Å². The monoisotopic (exact) mass is 290 g/mol. The van der Waals surface area contributed by atoms with Gasteiger partial charge in [-0.3, -0.25) is 9.58 Å². The molecule has 0 bridgehead atoms. The lowest BCUT2D eigenvalue weighted by molar-refractivity contribution is 0.196. The summed E-state index contributed by atoms with van der Waals surface area (Å²) in [5.74, 6) is 0. The fourth-order valence-corrected chi connectivity index (χ4v) is 3.85. The van der Waals surface area contributed by atoms with Crippen LogP contribution in [-0.4, -0.2) is 40.4 Å². The first kappa shape index (κ1) is 15.0. The number of hydrogen-bond donors (Lipinski definition) is 1. The summed E-state index contributed by atoms with van der Waals surface area (Å²) in [5, 5.41) is 8.37. The average molecular weight is 290 g/mol. The molecule has 3 rings (SSSR count). The third kappa shape index (κ3) is 3.86. The van der Waals surface area contributed by atoms with Crippen molar-refractivity contribution in [3.05, 3.63) is 18.0 Å². The summed E-state index contributed by atoms with van der Waals surface area (Å²) >= 11 is 0. The molecule has 0 amide bonds. The second kappa shape index (κ2) is 7.41. The zero-order valence-electron chi connectivity index (χ0n) is 13.4. The van der Waals surface area contributed by atoms with Crippen LogP contribution in [0.3, 0.4) is 0 Å². The summed E-state index contributed by atoms with van der Waals surface area (Å²) in [4.78, 5) is 2.62. The number of rotatable bonds is 6. The highest BCUT2D eigenvalue weighted by molar-refractivity contribution is 5.01. The van der Waals surface area contributed by atoms with E-state index >= 15 is 0 Å². The molecule has 1 aromatic heterocycles. The Morgan fingerprint density at radius 1 is 1.29 bits per heavy atom. The average Bonchev–Trinajstić information content (AvgIpc) is 3.19.